The van der Waals surface area contributed by atoms with Gasteiger partial charge in [-0.05, 0) is 42.2 Å². The van der Waals surface area contributed by atoms with Gasteiger partial charge in [-0.3, -0.25) is 10.2 Å². The number of pyridine rings is 1. The zero-order valence-corrected chi connectivity index (χ0v) is 19.8. The van der Waals surface area contributed by atoms with Crippen LogP contribution in [-0.2, 0) is 16.0 Å². The molecule has 0 aliphatic carbocycles. The van der Waals surface area contributed by atoms with Crippen LogP contribution in [0.5, 0.6) is 5.88 Å². The number of nitrogens with zero attached hydrogens (tertiary/aromatic N) is 3. The minimum absolute atomic E-state index is 0.0492. The van der Waals surface area contributed by atoms with Gasteiger partial charge in [-0.2, -0.15) is 0 Å². The van der Waals surface area contributed by atoms with Crippen LogP contribution in [-0.4, -0.2) is 67.6 Å². The normalized spacial score (nSPS) is 18.3. The number of nitrogens with one attached hydrogen (secondary N) is 2. The molecule has 8 nitrogen and oxygen atoms in total. The van der Waals surface area contributed by atoms with E-state index >= 15 is 0 Å². The molecule has 0 radical (unpaired) electrons. The number of carbonyl (C=O) groups excluding carboxylic acids is 1. The van der Waals surface area contributed by atoms with Crippen LogP contribution in [0, 0.1) is 5.41 Å². The highest BCUT2D eigenvalue weighted by Gasteiger charge is 2.31. The molecule has 34 heavy (non-hydrogen) atoms. The standard InChI is InChI=1S/C26H31N5O3/c1-17(32)30-11-9-23(29-21-15-34-16-21)22(14-30)26(27)31-10-3-4-19-12-18(5-7-24(19)31)20-6-8-25(33-2)28-13-20/h5-8,12-13,21,27,29H,3-4,9-11,14-16H2,1-2H3. The Morgan fingerprint density at radius 3 is 2.68 bits per heavy atom. The molecule has 2 N–H and O–H groups in total. The van der Waals surface area contributed by atoms with Crippen LogP contribution in [0.4, 0.5) is 5.69 Å². The predicted octanol–water partition coefficient (Wildman–Crippen LogP) is 2.98. The van der Waals surface area contributed by atoms with E-state index in [4.69, 9.17) is 9.47 Å². The second-order valence-electron chi connectivity index (χ2n) is 9.06. The van der Waals surface area contributed by atoms with Crippen molar-refractivity contribution in [2.45, 2.75) is 32.2 Å². The summed E-state index contributed by atoms with van der Waals surface area (Å²) >= 11 is 0. The van der Waals surface area contributed by atoms with Crippen LogP contribution in [0.15, 0.2) is 47.8 Å². The molecule has 1 amide bonds. The molecule has 0 saturated carbocycles. The molecule has 4 heterocycles. The summed E-state index contributed by atoms with van der Waals surface area (Å²) in [6, 6.07) is 10.6. The minimum atomic E-state index is 0.0492. The van der Waals surface area contributed by atoms with E-state index in [0.29, 0.717) is 38.0 Å². The van der Waals surface area contributed by atoms with Gasteiger partial charge >= 0.3 is 0 Å². The molecule has 3 aliphatic heterocycles. The number of anilines is 1. The number of rotatable bonds is 5. The summed E-state index contributed by atoms with van der Waals surface area (Å²) in [5, 5.41) is 12.8. The van der Waals surface area contributed by atoms with Crippen LogP contribution in [0.1, 0.15) is 25.3 Å². The third kappa shape index (κ3) is 4.37. The smallest absolute Gasteiger partial charge is 0.219 e. The zero-order valence-electron chi connectivity index (χ0n) is 19.8. The Hall–Kier alpha value is -3.39. The molecule has 1 saturated heterocycles. The Balaban J connectivity index is 1.44. The molecular formula is C26H31N5O3. The summed E-state index contributed by atoms with van der Waals surface area (Å²) in [5.74, 6) is 1.13. The van der Waals surface area contributed by atoms with Crippen molar-refractivity contribution in [1.82, 2.24) is 15.2 Å². The maximum absolute atomic E-state index is 12.1. The lowest BCUT2D eigenvalue weighted by Crippen LogP contribution is -2.50. The predicted molar refractivity (Wildman–Crippen MR) is 131 cm³/mol. The second-order valence-corrected chi connectivity index (χ2v) is 9.06. The van der Waals surface area contributed by atoms with Gasteiger partial charge in [0.15, 0.2) is 0 Å². The Bertz CT molecular complexity index is 1120. The topological polar surface area (TPSA) is 90.8 Å². The Morgan fingerprint density at radius 1 is 1.18 bits per heavy atom. The molecule has 0 spiro atoms. The molecular weight excluding hydrogens is 430 g/mol. The highest BCUT2D eigenvalue weighted by atomic mass is 16.5. The third-order valence-corrected chi connectivity index (χ3v) is 6.84. The molecule has 0 unspecified atom stereocenters. The second kappa shape index (κ2) is 9.46. The van der Waals surface area contributed by atoms with Crippen molar-refractivity contribution in [2.75, 3.05) is 44.9 Å². The van der Waals surface area contributed by atoms with Crippen LogP contribution in [0.25, 0.3) is 11.1 Å². The first-order valence-electron chi connectivity index (χ1n) is 11.8. The number of hydrogen-bond acceptors (Lipinski definition) is 6. The lowest BCUT2D eigenvalue weighted by Gasteiger charge is -2.38. The van der Waals surface area contributed by atoms with E-state index in [1.54, 1.807) is 14.0 Å². The Labute approximate surface area is 200 Å². The Morgan fingerprint density at radius 2 is 2.00 bits per heavy atom. The highest BCUT2D eigenvalue weighted by molar-refractivity contribution is 6.09. The maximum atomic E-state index is 12.1. The quantitative estimate of drug-likeness (QED) is 0.526. The van der Waals surface area contributed by atoms with Gasteiger partial charge in [0.05, 0.1) is 32.9 Å². The van der Waals surface area contributed by atoms with Crippen molar-refractivity contribution >= 4 is 17.4 Å². The molecule has 5 rings (SSSR count). The van der Waals surface area contributed by atoms with E-state index in [9.17, 15) is 10.2 Å². The molecule has 8 heteroatoms. The molecule has 0 atom stereocenters. The number of benzene rings is 1. The molecule has 1 fully saturated rings. The van der Waals surface area contributed by atoms with Crippen molar-refractivity contribution < 1.29 is 14.3 Å². The Kier molecular flexibility index (Phi) is 6.24. The van der Waals surface area contributed by atoms with Crippen LogP contribution >= 0.6 is 0 Å². The fourth-order valence-corrected chi connectivity index (χ4v) is 4.82. The van der Waals surface area contributed by atoms with Gasteiger partial charge in [0.25, 0.3) is 0 Å². The third-order valence-electron chi connectivity index (χ3n) is 6.84. The number of hydrogen-bond donors (Lipinski definition) is 2. The van der Waals surface area contributed by atoms with E-state index in [1.165, 1.54) is 5.56 Å². The van der Waals surface area contributed by atoms with Gasteiger partial charge in [0.2, 0.25) is 11.8 Å². The summed E-state index contributed by atoms with van der Waals surface area (Å²) < 4.78 is 10.5. The fourth-order valence-electron chi connectivity index (χ4n) is 4.82. The van der Waals surface area contributed by atoms with Crippen molar-refractivity contribution in [3.63, 3.8) is 0 Å². The van der Waals surface area contributed by atoms with Gasteiger partial charge in [0, 0.05) is 61.2 Å². The van der Waals surface area contributed by atoms with Gasteiger partial charge in [0.1, 0.15) is 5.84 Å². The molecule has 0 bridgehead atoms. The average molecular weight is 462 g/mol. The minimum Gasteiger partial charge on any atom is -0.481 e. The summed E-state index contributed by atoms with van der Waals surface area (Å²) in [6.45, 7) is 4.92. The lowest BCUT2D eigenvalue weighted by atomic mass is 9.95. The molecule has 2 aromatic rings. The maximum Gasteiger partial charge on any atom is 0.219 e. The van der Waals surface area contributed by atoms with Gasteiger partial charge in [-0.25, -0.2) is 4.98 Å². The van der Waals surface area contributed by atoms with Crippen LogP contribution in [0.3, 0.4) is 0 Å². The SMILES string of the molecule is COc1ccc(-c2ccc3c(c2)CCCN3C(=N)C2=C(NC3COC3)CCN(C(C)=O)C2)cn1. The van der Waals surface area contributed by atoms with Crippen molar-refractivity contribution in [2.24, 2.45) is 0 Å². The van der Waals surface area contributed by atoms with Gasteiger partial charge in [-0.15, -0.1) is 0 Å². The van der Waals surface area contributed by atoms with E-state index in [-0.39, 0.29) is 11.9 Å². The number of aromatic nitrogens is 1. The summed E-state index contributed by atoms with van der Waals surface area (Å²) in [7, 11) is 1.61. The number of carbonyl (C=O) groups is 1. The van der Waals surface area contributed by atoms with E-state index in [1.807, 2.05) is 23.2 Å². The van der Waals surface area contributed by atoms with Crippen LogP contribution in [0.2, 0.25) is 0 Å². The number of fused-ring (bicyclic) bond motifs is 1. The zero-order chi connectivity index (χ0) is 23.7. The molecule has 1 aromatic carbocycles. The van der Waals surface area contributed by atoms with Crippen molar-refractivity contribution in [3.8, 4) is 17.0 Å². The van der Waals surface area contributed by atoms with Crippen LogP contribution < -0.4 is 15.0 Å². The van der Waals surface area contributed by atoms with E-state index < -0.39 is 0 Å². The monoisotopic (exact) mass is 461 g/mol. The summed E-state index contributed by atoms with van der Waals surface area (Å²) in [4.78, 5) is 20.4. The van der Waals surface area contributed by atoms with Gasteiger partial charge < -0.3 is 24.6 Å². The van der Waals surface area contributed by atoms with Gasteiger partial charge in [-0.1, -0.05) is 6.07 Å². The highest BCUT2D eigenvalue weighted by Crippen LogP contribution is 2.33. The van der Waals surface area contributed by atoms with Crippen molar-refractivity contribution in [1.29, 1.82) is 5.41 Å². The number of methoxy groups -OCH3 is 1. The van der Waals surface area contributed by atoms with E-state index in [0.717, 1.165) is 53.9 Å². The largest absolute Gasteiger partial charge is 0.481 e. The number of amidine groups is 1. The molecule has 1 aromatic heterocycles. The average Bonchev–Trinajstić information content (AvgIpc) is 2.85. The van der Waals surface area contributed by atoms with E-state index in [2.05, 4.69) is 33.4 Å². The van der Waals surface area contributed by atoms with Crippen molar-refractivity contribution in [3.05, 3.63) is 53.4 Å². The first kappa shape index (κ1) is 22.4. The molecule has 3 aliphatic rings. The molecule has 178 valence electrons. The number of ether oxygens (including phenoxy) is 2. The fraction of sp³-hybridized carbons (Fsp3) is 0.423. The number of amides is 1. The summed E-state index contributed by atoms with van der Waals surface area (Å²) in [6.07, 6.45) is 4.51. The number of aryl methyl sites for hydroxylation is 1. The summed E-state index contributed by atoms with van der Waals surface area (Å²) in [5.41, 5.74) is 6.42. The first-order chi connectivity index (χ1) is 16.5. The lowest BCUT2D eigenvalue weighted by molar-refractivity contribution is -0.128. The first-order valence-corrected chi connectivity index (χ1v) is 11.8.